The number of nitrogens with zero attached hydrogens (tertiary/aromatic N) is 1. The summed E-state index contributed by atoms with van der Waals surface area (Å²) in [5.74, 6) is 0. The van der Waals surface area contributed by atoms with E-state index in [1.807, 2.05) is 0 Å². The summed E-state index contributed by atoms with van der Waals surface area (Å²) in [4.78, 5) is 2.43. The smallest absolute Gasteiger partial charge is 0.0613 e. The minimum absolute atomic E-state index is 0.0213. The van der Waals surface area contributed by atoms with Crippen LogP contribution in [0.3, 0.4) is 0 Å². The Labute approximate surface area is 99.2 Å². The summed E-state index contributed by atoms with van der Waals surface area (Å²) in [7, 11) is 2.20. The molecule has 0 aromatic heterocycles. The van der Waals surface area contributed by atoms with Gasteiger partial charge in [-0.05, 0) is 52.1 Å². The van der Waals surface area contributed by atoms with Gasteiger partial charge in [-0.2, -0.15) is 0 Å². The summed E-state index contributed by atoms with van der Waals surface area (Å²) >= 11 is 0. The lowest BCUT2D eigenvalue weighted by molar-refractivity contribution is 0.0700. The Kier molecular flexibility index (Phi) is 3.88. The number of aliphatic hydroxyl groups is 1. The van der Waals surface area contributed by atoms with Gasteiger partial charge >= 0.3 is 0 Å². The van der Waals surface area contributed by atoms with Crippen molar-refractivity contribution in [3.05, 3.63) is 0 Å². The Morgan fingerprint density at radius 3 is 2.69 bits per heavy atom. The van der Waals surface area contributed by atoms with E-state index >= 15 is 0 Å². The van der Waals surface area contributed by atoms with Crippen LogP contribution in [0.4, 0.5) is 0 Å². The Bertz CT molecular complexity index is 230. The van der Waals surface area contributed by atoms with Gasteiger partial charge in [-0.25, -0.2) is 0 Å². The van der Waals surface area contributed by atoms with Gasteiger partial charge in [-0.15, -0.1) is 0 Å². The highest BCUT2D eigenvalue weighted by molar-refractivity contribution is 5.00. The first-order valence-corrected chi connectivity index (χ1v) is 6.78. The zero-order valence-corrected chi connectivity index (χ0v) is 10.7. The van der Waals surface area contributed by atoms with Crippen LogP contribution < -0.4 is 5.32 Å². The average Bonchev–Trinajstić information content (AvgIpc) is 3.12. The van der Waals surface area contributed by atoms with Crippen LogP contribution in [0.15, 0.2) is 0 Å². The normalized spacial score (nSPS) is 35.6. The average molecular weight is 226 g/mol. The lowest BCUT2D eigenvalue weighted by atomic mass is 9.78. The van der Waals surface area contributed by atoms with E-state index in [0.717, 1.165) is 19.4 Å². The number of hydrogen-bond acceptors (Lipinski definition) is 3. The van der Waals surface area contributed by atoms with Crippen molar-refractivity contribution in [2.45, 2.75) is 63.1 Å². The van der Waals surface area contributed by atoms with Gasteiger partial charge in [-0.3, -0.25) is 0 Å². The van der Waals surface area contributed by atoms with Gasteiger partial charge in [0.05, 0.1) is 6.61 Å². The van der Waals surface area contributed by atoms with Crippen molar-refractivity contribution in [1.29, 1.82) is 0 Å². The Hall–Kier alpha value is -0.120. The van der Waals surface area contributed by atoms with E-state index in [1.165, 1.54) is 25.7 Å². The first-order valence-electron chi connectivity index (χ1n) is 6.78. The van der Waals surface area contributed by atoms with Crippen LogP contribution in [-0.4, -0.2) is 47.8 Å². The zero-order valence-electron chi connectivity index (χ0n) is 10.7. The van der Waals surface area contributed by atoms with Gasteiger partial charge in [-0.1, -0.05) is 6.92 Å². The van der Waals surface area contributed by atoms with Crippen LogP contribution in [0, 0.1) is 0 Å². The number of aliphatic hydroxyl groups excluding tert-OH is 1. The second-order valence-corrected chi connectivity index (χ2v) is 5.68. The number of rotatable bonds is 5. The van der Waals surface area contributed by atoms with E-state index in [9.17, 15) is 5.11 Å². The van der Waals surface area contributed by atoms with Gasteiger partial charge in [0.1, 0.15) is 0 Å². The molecule has 2 aliphatic rings. The van der Waals surface area contributed by atoms with Gasteiger partial charge in [0.2, 0.25) is 0 Å². The van der Waals surface area contributed by atoms with Crippen molar-refractivity contribution in [3.8, 4) is 0 Å². The standard InChI is InChI=1S/C13H26N2O/c1-3-15(2)12-5-4-8-13(9-12,10-16)14-11-6-7-11/h11-12,14,16H,3-10H2,1-2H3. The third kappa shape index (κ3) is 2.76. The summed E-state index contributed by atoms with van der Waals surface area (Å²) < 4.78 is 0. The van der Waals surface area contributed by atoms with Gasteiger partial charge in [0.25, 0.3) is 0 Å². The Balaban J connectivity index is 1.95. The maximum atomic E-state index is 9.71. The van der Waals surface area contributed by atoms with Crippen molar-refractivity contribution in [3.63, 3.8) is 0 Å². The highest BCUT2D eigenvalue weighted by Gasteiger charge is 2.40. The van der Waals surface area contributed by atoms with E-state index in [1.54, 1.807) is 0 Å². The zero-order chi connectivity index (χ0) is 11.6. The van der Waals surface area contributed by atoms with E-state index in [2.05, 4.69) is 24.2 Å². The van der Waals surface area contributed by atoms with E-state index < -0.39 is 0 Å². The molecule has 3 heteroatoms. The molecule has 0 spiro atoms. The Morgan fingerprint density at radius 1 is 1.38 bits per heavy atom. The third-order valence-electron chi connectivity index (χ3n) is 4.33. The first-order chi connectivity index (χ1) is 7.69. The number of nitrogens with one attached hydrogen (secondary N) is 1. The lowest BCUT2D eigenvalue weighted by Gasteiger charge is -2.43. The van der Waals surface area contributed by atoms with Gasteiger partial charge in [0, 0.05) is 17.6 Å². The van der Waals surface area contributed by atoms with Gasteiger partial charge in [0.15, 0.2) is 0 Å². The fourth-order valence-corrected chi connectivity index (χ4v) is 2.95. The van der Waals surface area contributed by atoms with E-state index in [0.29, 0.717) is 18.7 Å². The predicted octanol–water partition coefficient (Wildman–Crippen LogP) is 1.36. The molecule has 2 rings (SSSR count). The molecule has 0 heterocycles. The molecule has 2 unspecified atom stereocenters. The summed E-state index contributed by atoms with van der Waals surface area (Å²) in [5.41, 5.74) is 0.0213. The summed E-state index contributed by atoms with van der Waals surface area (Å²) in [6.45, 7) is 3.62. The second kappa shape index (κ2) is 5.03. The topological polar surface area (TPSA) is 35.5 Å². The molecule has 0 aromatic carbocycles. The molecule has 2 saturated carbocycles. The molecule has 16 heavy (non-hydrogen) atoms. The first kappa shape index (κ1) is 12.3. The molecular weight excluding hydrogens is 200 g/mol. The highest BCUT2D eigenvalue weighted by atomic mass is 16.3. The minimum atomic E-state index is 0.0213. The summed E-state index contributed by atoms with van der Waals surface area (Å²) in [6, 6.07) is 1.34. The van der Waals surface area contributed by atoms with Gasteiger partial charge < -0.3 is 15.3 Å². The maximum absolute atomic E-state index is 9.71. The summed E-state index contributed by atoms with van der Waals surface area (Å²) in [6.07, 6.45) is 7.40. The molecule has 2 fully saturated rings. The number of hydrogen-bond donors (Lipinski definition) is 2. The fraction of sp³-hybridized carbons (Fsp3) is 1.00. The van der Waals surface area contributed by atoms with Crippen LogP contribution in [0.1, 0.15) is 45.4 Å². The van der Waals surface area contributed by atoms with Crippen LogP contribution in [0.5, 0.6) is 0 Å². The predicted molar refractivity (Wildman–Crippen MR) is 66.5 cm³/mol. The van der Waals surface area contributed by atoms with Crippen LogP contribution in [0.25, 0.3) is 0 Å². The molecule has 0 bridgehead atoms. The van der Waals surface area contributed by atoms with E-state index in [-0.39, 0.29) is 5.54 Å². The molecule has 0 amide bonds. The second-order valence-electron chi connectivity index (χ2n) is 5.68. The monoisotopic (exact) mass is 226 g/mol. The maximum Gasteiger partial charge on any atom is 0.0613 e. The highest BCUT2D eigenvalue weighted by Crippen LogP contribution is 2.34. The SMILES string of the molecule is CCN(C)C1CCCC(CO)(NC2CC2)C1. The molecule has 0 saturated heterocycles. The van der Waals surface area contributed by atoms with Crippen molar-refractivity contribution >= 4 is 0 Å². The van der Waals surface area contributed by atoms with Crippen molar-refractivity contribution < 1.29 is 5.11 Å². The minimum Gasteiger partial charge on any atom is -0.394 e. The largest absolute Gasteiger partial charge is 0.394 e. The Morgan fingerprint density at radius 2 is 2.12 bits per heavy atom. The van der Waals surface area contributed by atoms with E-state index in [4.69, 9.17) is 0 Å². The molecule has 3 nitrogen and oxygen atoms in total. The molecule has 94 valence electrons. The van der Waals surface area contributed by atoms with Crippen molar-refractivity contribution in [2.24, 2.45) is 0 Å². The molecular formula is C13H26N2O. The van der Waals surface area contributed by atoms with Crippen LogP contribution >= 0.6 is 0 Å². The van der Waals surface area contributed by atoms with Crippen LogP contribution in [0.2, 0.25) is 0 Å². The molecule has 2 aliphatic carbocycles. The molecule has 0 aliphatic heterocycles. The van der Waals surface area contributed by atoms with Crippen molar-refractivity contribution in [1.82, 2.24) is 10.2 Å². The van der Waals surface area contributed by atoms with Crippen molar-refractivity contribution in [2.75, 3.05) is 20.2 Å². The summed E-state index contributed by atoms with van der Waals surface area (Å²) in [5, 5.41) is 13.4. The third-order valence-corrected chi connectivity index (χ3v) is 4.33. The molecule has 0 aromatic rings. The quantitative estimate of drug-likeness (QED) is 0.743. The van der Waals surface area contributed by atoms with Crippen LogP contribution in [-0.2, 0) is 0 Å². The molecule has 2 N–H and O–H groups in total. The molecule has 2 atom stereocenters. The fourth-order valence-electron chi connectivity index (χ4n) is 2.95. The lowest BCUT2D eigenvalue weighted by Crippen LogP contribution is -2.56. The molecule has 0 radical (unpaired) electrons.